The van der Waals surface area contributed by atoms with Crippen LogP contribution in [0.15, 0.2) is 78.9 Å². The summed E-state index contributed by atoms with van der Waals surface area (Å²) in [6.07, 6.45) is 1.64. The van der Waals surface area contributed by atoms with Gasteiger partial charge < -0.3 is 15.7 Å². The lowest BCUT2D eigenvalue weighted by molar-refractivity contribution is 0.288. The van der Waals surface area contributed by atoms with Crippen molar-refractivity contribution >= 4 is 46.5 Å². The third kappa shape index (κ3) is 5.22. The topological polar surface area (TPSA) is 70.1 Å². The van der Waals surface area contributed by atoms with Crippen molar-refractivity contribution in [2.75, 3.05) is 17.2 Å². The first-order valence-electron chi connectivity index (χ1n) is 9.37. The third-order valence-corrected chi connectivity index (χ3v) is 4.47. The predicted octanol–water partition coefficient (Wildman–Crippen LogP) is 5.46. The van der Waals surface area contributed by atoms with Crippen LogP contribution in [0.2, 0.25) is 0 Å². The molecule has 1 aromatic heterocycles. The molecular weight excluding hydrogens is 384 g/mol. The lowest BCUT2D eigenvalue weighted by atomic mass is 10.1. The fraction of sp³-hybridized carbons (Fsp3) is 0.130. The van der Waals surface area contributed by atoms with Crippen LogP contribution in [0, 0.1) is 0 Å². The van der Waals surface area contributed by atoms with Gasteiger partial charge in [0.1, 0.15) is 5.82 Å². The van der Waals surface area contributed by atoms with E-state index >= 15 is 0 Å². The molecule has 0 fully saturated rings. The van der Waals surface area contributed by atoms with Crippen LogP contribution in [0.25, 0.3) is 10.9 Å². The summed E-state index contributed by atoms with van der Waals surface area (Å²) in [6, 6.07) is 26.1. The Hall–Kier alpha value is -3.15. The van der Waals surface area contributed by atoms with E-state index in [1.165, 1.54) is 5.56 Å². The monoisotopic (exact) mass is 406 g/mol. The number of nitrogens with zero attached hydrogens (tertiary/aromatic N) is 2. The van der Waals surface area contributed by atoms with E-state index in [0.717, 1.165) is 40.9 Å². The smallest absolute Gasteiger partial charge is 0.229 e. The largest absolute Gasteiger partial charge is 0.396 e. The highest BCUT2D eigenvalue weighted by atomic mass is 35.5. The number of aliphatic hydroxyl groups is 1. The van der Waals surface area contributed by atoms with Crippen molar-refractivity contribution in [3.05, 3.63) is 84.4 Å². The van der Waals surface area contributed by atoms with Gasteiger partial charge in [0, 0.05) is 23.4 Å². The lowest BCUT2D eigenvalue weighted by Gasteiger charge is -2.12. The van der Waals surface area contributed by atoms with Gasteiger partial charge >= 0.3 is 0 Å². The van der Waals surface area contributed by atoms with Crippen molar-refractivity contribution in [3.8, 4) is 0 Å². The highest BCUT2D eigenvalue weighted by Gasteiger charge is 2.08. The maximum atomic E-state index is 8.96. The van der Waals surface area contributed by atoms with E-state index in [4.69, 9.17) is 10.1 Å². The molecule has 0 amide bonds. The molecule has 4 rings (SSSR count). The first-order chi connectivity index (χ1) is 13.8. The van der Waals surface area contributed by atoms with Crippen LogP contribution >= 0.6 is 12.4 Å². The summed E-state index contributed by atoms with van der Waals surface area (Å²) in [7, 11) is 0. The summed E-state index contributed by atoms with van der Waals surface area (Å²) in [5.74, 6) is 1.30. The van der Waals surface area contributed by atoms with E-state index in [2.05, 4.69) is 27.8 Å². The number of anilines is 4. The Labute approximate surface area is 176 Å². The van der Waals surface area contributed by atoms with Gasteiger partial charge in [-0.2, -0.15) is 4.98 Å². The number of aromatic nitrogens is 2. The van der Waals surface area contributed by atoms with Crippen molar-refractivity contribution in [1.29, 1.82) is 0 Å². The van der Waals surface area contributed by atoms with Crippen LogP contribution in [0.1, 0.15) is 12.0 Å². The molecule has 0 spiro atoms. The minimum absolute atomic E-state index is 0. The molecule has 3 N–H and O–H groups in total. The number of hydrogen-bond acceptors (Lipinski definition) is 5. The number of halogens is 1. The average molecular weight is 407 g/mol. The second kappa shape index (κ2) is 9.87. The van der Waals surface area contributed by atoms with Crippen molar-refractivity contribution in [3.63, 3.8) is 0 Å². The first-order valence-corrected chi connectivity index (χ1v) is 9.37. The number of fused-ring (bicyclic) bond motifs is 1. The summed E-state index contributed by atoms with van der Waals surface area (Å²) >= 11 is 0. The lowest BCUT2D eigenvalue weighted by Crippen LogP contribution is -2.02. The van der Waals surface area contributed by atoms with Gasteiger partial charge in [-0.3, -0.25) is 0 Å². The molecule has 0 saturated heterocycles. The molecule has 29 heavy (non-hydrogen) atoms. The molecule has 148 valence electrons. The van der Waals surface area contributed by atoms with Crippen LogP contribution in [-0.2, 0) is 6.42 Å². The molecule has 3 aromatic carbocycles. The highest BCUT2D eigenvalue weighted by molar-refractivity contribution is 5.92. The van der Waals surface area contributed by atoms with E-state index in [0.29, 0.717) is 5.95 Å². The molecule has 0 bridgehead atoms. The number of para-hydroxylation sites is 2. The molecule has 0 unspecified atom stereocenters. The van der Waals surface area contributed by atoms with Gasteiger partial charge in [-0.25, -0.2) is 4.98 Å². The zero-order valence-corrected chi connectivity index (χ0v) is 16.7. The molecule has 5 nitrogen and oxygen atoms in total. The van der Waals surface area contributed by atoms with Crippen LogP contribution in [0.3, 0.4) is 0 Å². The quantitative estimate of drug-likeness (QED) is 0.380. The Balaban J connectivity index is 0.00000240. The normalized spacial score (nSPS) is 10.4. The predicted molar refractivity (Wildman–Crippen MR) is 122 cm³/mol. The van der Waals surface area contributed by atoms with Crippen LogP contribution in [-0.4, -0.2) is 21.7 Å². The molecular formula is C23H23ClN4O. The number of aryl methyl sites for hydroxylation is 1. The standard InChI is InChI=1S/C23H22N4O.ClH/c28-16-6-7-17-12-14-19(15-13-17)25-23-26-21-11-5-4-10-20(21)22(27-23)24-18-8-2-1-3-9-18;/h1-5,8-15,28H,6-7,16H2,(H2,24,25,26,27);1H. The molecule has 0 saturated carbocycles. The van der Waals surface area contributed by atoms with Gasteiger partial charge in [-0.1, -0.05) is 42.5 Å². The van der Waals surface area contributed by atoms with E-state index in [9.17, 15) is 0 Å². The molecule has 1 heterocycles. The van der Waals surface area contributed by atoms with Crippen LogP contribution in [0.5, 0.6) is 0 Å². The third-order valence-electron chi connectivity index (χ3n) is 4.47. The number of hydrogen-bond donors (Lipinski definition) is 3. The second-order valence-electron chi connectivity index (χ2n) is 6.55. The Morgan fingerprint density at radius 1 is 0.724 bits per heavy atom. The summed E-state index contributed by atoms with van der Waals surface area (Å²) in [4.78, 5) is 9.35. The van der Waals surface area contributed by atoms with Crippen molar-refractivity contribution in [1.82, 2.24) is 9.97 Å². The zero-order valence-electron chi connectivity index (χ0n) is 15.9. The minimum Gasteiger partial charge on any atom is -0.396 e. The first kappa shape index (κ1) is 20.6. The minimum atomic E-state index is 0. The Morgan fingerprint density at radius 3 is 2.17 bits per heavy atom. The summed E-state index contributed by atoms with van der Waals surface area (Å²) in [6.45, 7) is 0.210. The number of aliphatic hydroxyl groups excluding tert-OH is 1. The van der Waals surface area contributed by atoms with Crippen LogP contribution in [0.4, 0.5) is 23.1 Å². The van der Waals surface area contributed by atoms with Crippen molar-refractivity contribution in [2.45, 2.75) is 12.8 Å². The fourth-order valence-electron chi connectivity index (χ4n) is 3.05. The number of nitrogens with one attached hydrogen (secondary N) is 2. The molecule has 0 atom stereocenters. The van der Waals surface area contributed by atoms with Gasteiger partial charge in [-0.05, 0) is 54.8 Å². The number of rotatable bonds is 7. The highest BCUT2D eigenvalue weighted by Crippen LogP contribution is 2.26. The SMILES string of the molecule is Cl.OCCCc1ccc(Nc2nc(Nc3ccccc3)c3ccccc3n2)cc1. The van der Waals surface area contributed by atoms with Crippen molar-refractivity contribution in [2.24, 2.45) is 0 Å². The average Bonchev–Trinajstić information content (AvgIpc) is 2.74. The molecule has 0 radical (unpaired) electrons. The van der Waals surface area contributed by atoms with Gasteiger partial charge in [0.05, 0.1) is 5.52 Å². The van der Waals surface area contributed by atoms with Gasteiger partial charge in [0.2, 0.25) is 5.95 Å². The van der Waals surface area contributed by atoms with E-state index < -0.39 is 0 Å². The van der Waals surface area contributed by atoms with Crippen LogP contribution < -0.4 is 10.6 Å². The van der Waals surface area contributed by atoms with E-state index in [-0.39, 0.29) is 19.0 Å². The van der Waals surface area contributed by atoms with E-state index in [1.54, 1.807) is 0 Å². The maximum Gasteiger partial charge on any atom is 0.229 e. The summed E-state index contributed by atoms with van der Waals surface area (Å²) in [5.41, 5.74) is 3.97. The van der Waals surface area contributed by atoms with Gasteiger partial charge in [0.25, 0.3) is 0 Å². The summed E-state index contributed by atoms with van der Waals surface area (Å²) < 4.78 is 0. The zero-order chi connectivity index (χ0) is 19.2. The molecule has 0 aliphatic heterocycles. The number of benzene rings is 3. The molecule has 0 aliphatic rings. The maximum absolute atomic E-state index is 8.96. The van der Waals surface area contributed by atoms with Gasteiger partial charge in [-0.15, -0.1) is 12.4 Å². The fourth-order valence-corrected chi connectivity index (χ4v) is 3.05. The molecule has 4 aromatic rings. The Bertz CT molecular complexity index is 1060. The van der Waals surface area contributed by atoms with E-state index in [1.807, 2.05) is 66.7 Å². The Kier molecular flexibility index (Phi) is 7.00. The Morgan fingerprint density at radius 2 is 1.41 bits per heavy atom. The molecule has 0 aliphatic carbocycles. The second-order valence-corrected chi connectivity index (χ2v) is 6.55. The van der Waals surface area contributed by atoms with Gasteiger partial charge in [0.15, 0.2) is 0 Å². The molecule has 6 heteroatoms. The summed E-state index contributed by atoms with van der Waals surface area (Å²) in [5, 5.41) is 16.6. The van der Waals surface area contributed by atoms with Crippen molar-refractivity contribution < 1.29 is 5.11 Å².